The molecular weight excluding hydrogens is 298 g/mol. The van der Waals surface area contributed by atoms with Gasteiger partial charge in [-0.3, -0.25) is 14.9 Å². The molecule has 2 rings (SSSR count). The number of nitro groups is 1. The summed E-state index contributed by atoms with van der Waals surface area (Å²) in [6.45, 7) is -0.249. The predicted octanol–water partition coefficient (Wildman–Crippen LogP) is 2.66. The topological polar surface area (TPSA) is 96.5 Å². The van der Waals surface area contributed by atoms with Crippen LogP contribution in [0.4, 0.5) is 5.69 Å². The number of carbonyl (C=O) groups is 1. The van der Waals surface area contributed by atoms with E-state index in [2.05, 4.69) is 6.07 Å². The molecule has 0 heterocycles. The van der Waals surface area contributed by atoms with Crippen LogP contribution in [0.25, 0.3) is 0 Å². The first-order valence-electron chi connectivity index (χ1n) is 7.54. The summed E-state index contributed by atoms with van der Waals surface area (Å²) in [5.74, 6) is -0.0458. The van der Waals surface area contributed by atoms with Crippen LogP contribution in [-0.2, 0) is 4.79 Å². The average molecular weight is 317 g/mol. The van der Waals surface area contributed by atoms with E-state index < -0.39 is 10.5 Å². The number of amides is 1. The van der Waals surface area contributed by atoms with Gasteiger partial charge in [-0.2, -0.15) is 5.26 Å². The summed E-state index contributed by atoms with van der Waals surface area (Å²) in [5.41, 5.74) is -0.856. The second-order valence-corrected chi connectivity index (χ2v) is 5.70. The molecule has 1 aliphatic rings. The maximum Gasteiger partial charge on any atom is 0.273 e. The van der Waals surface area contributed by atoms with E-state index in [1.807, 2.05) is 0 Å². The number of nitrogens with zero attached hydrogens (tertiary/aromatic N) is 3. The quantitative estimate of drug-likeness (QED) is 0.614. The minimum Gasteiger partial charge on any atom is -0.484 e. The number of carbonyl (C=O) groups excluding carboxylic acids is 1. The first-order chi connectivity index (χ1) is 11.0. The van der Waals surface area contributed by atoms with Crippen LogP contribution in [-0.4, -0.2) is 34.9 Å². The van der Waals surface area contributed by atoms with Gasteiger partial charge in [0.05, 0.1) is 17.1 Å². The molecule has 0 unspecified atom stereocenters. The van der Waals surface area contributed by atoms with E-state index in [0.717, 1.165) is 19.3 Å². The molecule has 0 aromatic heterocycles. The van der Waals surface area contributed by atoms with Gasteiger partial charge in [0.15, 0.2) is 6.61 Å². The number of benzene rings is 1. The van der Waals surface area contributed by atoms with Crippen molar-refractivity contribution in [3.63, 3.8) is 0 Å². The Kier molecular flexibility index (Phi) is 5.16. The molecule has 122 valence electrons. The zero-order valence-electron chi connectivity index (χ0n) is 13.0. The van der Waals surface area contributed by atoms with Gasteiger partial charge in [-0.25, -0.2) is 0 Å². The minimum absolute atomic E-state index is 0.0934. The van der Waals surface area contributed by atoms with Gasteiger partial charge < -0.3 is 9.64 Å². The van der Waals surface area contributed by atoms with Crippen molar-refractivity contribution in [3.05, 3.63) is 34.4 Å². The average Bonchev–Trinajstić information content (AvgIpc) is 2.59. The van der Waals surface area contributed by atoms with Crippen LogP contribution in [0.5, 0.6) is 5.75 Å². The number of non-ortho nitro benzene ring substituents is 1. The van der Waals surface area contributed by atoms with Crippen molar-refractivity contribution in [2.75, 3.05) is 13.7 Å². The Bertz CT molecular complexity index is 632. The predicted molar refractivity (Wildman–Crippen MR) is 82.8 cm³/mol. The van der Waals surface area contributed by atoms with E-state index in [4.69, 9.17) is 4.74 Å². The number of likely N-dealkylation sites (N-methyl/N-ethyl adjacent to an activating group) is 1. The summed E-state index contributed by atoms with van der Waals surface area (Å²) in [4.78, 5) is 24.0. The SMILES string of the molecule is CN(C(=O)COc1cccc([N+](=O)[O-])c1)C1(C#N)CCCCC1. The molecule has 1 aromatic rings. The Morgan fingerprint density at radius 3 is 2.74 bits per heavy atom. The van der Waals surface area contributed by atoms with Crippen molar-refractivity contribution in [2.24, 2.45) is 0 Å². The smallest absolute Gasteiger partial charge is 0.273 e. The number of hydrogen-bond acceptors (Lipinski definition) is 5. The Hall–Kier alpha value is -2.62. The zero-order chi connectivity index (χ0) is 16.9. The molecule has 0 N–H and O–H groups in total. The van der Waals surface area contributed by atoms with Gasteiger partial charge in [0.2, 0.25) is 0 Å². The largest absolute Gasteiger partial charge is 0.484 e. The number of nitro benzene ring substituents is 1. The monoisotopic (exact) mass is 317 g/mol. The van der Waals surface area contributed by atoms with Crippen molar-refractivity contribution >= 4 is 11.6 Å². The van der Waals surface area contributed by atoms with Crippen LogP contribution in [0, 0.1) is 21.4 Å². The van der Waals surface area contributed by atoms with E-state index in [1.165, 1.54) is 23.1 Å². The molecule has 7 nitrogen and oxygen atoms in total. The summed E-state index contributed by atoms with van der Waals surface area (Å²) in [6, 6.07) is 7.96. The fourth-order valence-corrected chi connectivity index (χ4v) is 2.83. The van der Waals surface area contributed by atoms with Gasteiger partial charge in [-0.15, -0.1) is 0 Å². The molecule has 0 saturated heterocycles. The first kappa shape index (κ1) is 16.7. The highest BCUT2D eigenvalue weighted by molar-refractivity contribution is 5.78. The molecule has 0 radical (unpaired) electrons. The van der Waals surface area contributed by atoms with Gasteiger partial charge in [-0.1, -0.05) is 25.3 Å². The van der Waals surface area contributed by atoms with Crippen molar-refractivity contribution in [3.8, 4) is 11.8 Å². The molecule has 7 heteroatoms. The number of nitriles is 1. The number of ether oxygens (including phenoxy) is 1. The molecule has 1 saturated carbocycles. The third-order valence-corrected chi connectivity index (χ3v) is 4.30. The van der Waals surface area contributed by atoms with Crippen molar-refractivity contribution in [1.82, 2.24) is 4.90 Å². The fraction of sp³-hybridized carbons (Fsp3) is 0.500. The van der Waals surface area contributed by atoms with E-state index in [9.17, 15) is 20.2 Å². The molecule has 0 aliphatic heterocycles. The molecule has 0 spiro atoms. The molecular formula is C16H19N3O4. The maximum absolute atomic E-state index is 12.3. The minimum atomic E-state index is -0.763. The van der Waals surface area contributed by atoms with Gasteiger partial charge >= 0.3 is 0 Å². The lowest BCUT2D eigenvalue weighted by Crippen LogP contribution is -2.51. The third-order valence-electron chi connectivity index (χ3n) is 4.30. The number of rotatable bonds is 5. The second-order valence-electron chi connectivity index (χ2n) is 5.70. The van der Waals surface area contributed by atoms with E-state index in [-0.39, 0.29) is 24.0 Å². The Labute approximate surface area is 134 Å². The van der Waals surface area contributed by atoms with Gasteiger partial charge in [-0.05, 0) is 18.9 Å². The maximum atomic E-state index is 12.3. The summed E-state index contributed by atoms with van der Waals surface area (Å²) in [7, 11) is 1.62. The zero-order valence-corrected chi connectivity index (χ0v) is 13.0. The van der Waals surface area contributed by atoms with Crippen molar-refractivity contribution < 1.29 is 14.5 Å². The van der Waals surface area contributed by atoms with Crippen LogP contribution in [0.3, 0.4) is 0 Å². The van der Waals surface area contributed by atoms with E-state index >= 15 is 0 Å². The standard InChI is InChI=1S/C16H19N3O4/c1-18(16(12-17)8-3-2-4-9-16)15(20)11-23-14-7-5-6-13(10-14)19(21)22/h5-7,10H,2-4,8-9,11H2,1H3. The molecule has 1 aliphatic carbocycles. The van der Waals surface area contributed by atoms with Crippen molar-refractivity contribution in [1.29, 1.82) is 5.26 Å². The second kappa shape index (κ2) is 7.09. The molecule has 0 atom stereocenters. The first-order valence-corrected chi connectivity index (χ1v) is 7.54. The van der Waals surface area contributed by atoms with Gasteiger partial charge in [0, 0.05) is 13.1 Å². The highest BCUT2D eigenvalue weighted by Crippen LogP contribution is 2.32. The summed E-state index contributed by atoms with van der Waals surface area (Å²) in [5, 5.41) is 20.2. The van der Waals surface area contributed by atoms with Gasteiger partial charge in [0.25, 0.3) is 11.6 Å². The number of hydrogen-bond donors (Lipinski definition) is 0. The van der Waals surface area contributed by atoms with Crippen molar-refractivity contribution in [2.45, 2.75) is 37.6 Å². The lowest BCUT2D eigenvalue weighted by Gasteiger charge is -2.38. The lowest BCUT2D eigenvalue weighted by molar-refractivity contribution is -0.384. The Balaban J connectivity index is 2.00. The molecule has 1 fully saturated rings. The normalized spacial score (nSPS) is 16.2. The molecule has 1 amide bonds. The molecule has 1 aromatic carbocycles. The highest BCUT2D eigenvalue weighted by Gasteiger charge is 2.38. The lowest BCUT2D eigenvalue weighted by atomic mass is 9.81. The van der Waals surface area contributed by atoms with Crippen LogP contribution in [0.15, 0.2) is 24.3 Å². The molecule has 0 bridgehead atoms. The molecule has 23 heavy (non-hydrogen) atoms. The fourth-order valence-electron chi connectivity index (χ4n) is 2.83. The Morgan fingerprint density at radius 1 is 1.43 bits per heavy atom. The highest BCUT2D eigenvalue weighted by atomic mass is 16.6. The third kappa shape index (κ3) is 3.77. The van der Waals surface area contributed by atoms with Crippen LogP contribution >= 0.6 is 0 Å². The summed E-state index contributed by atoms with van der Waals surface area (Å²) in [6.07, 6.45) is 4.27. The van der Waals surface area contributed by atoms with Crippen LogP contribution in [0.1, 0.15) is 32.1 Å². The Morgan fingerprint density at radius 2 is 2.13 bits per heavy atom. The summed E-state index contributed by atoms with van der Waals surface area (Å²) >= 11 is 0. The van der Waals surface area contributed by atoms with Gasteiger partial charge in [0.1, 0.15) is 11.3 Å². The van der Waals surface area contributed by atoms with E-state index in [1.54, 1.807) is 13.1 Å². The van der Waals surface area contributed by atoms with Crippen LogP contribution in [0.2, 0.25) is 0 Å². The van der Waals surface area contributed by atoms with Crippen LogP contribution < -0.4 is 4.74 Å². The van der Waals surface area contributed by atoms with E-state index in [0.29, 0.717) is 12.8 Å². The summed E-state index contributed by atoms with van der Waals surface area (Å²) < 4.78 is 5.36.